The van der Waals surface area contributed by atoms with Crippen LogP contribution < -0.4 is 10.6 Å². The molecule has 0 radical (unpaired) electrons. The molecule has 0 aromatic carbocycles. The van der Waals surface area contributed by atoms with Crippen molar-refractivity contribution in [2.45, 2.75) is 96.3 Å². The van der Waals surface area contributed by atoms with Gasteiger partial charge in [0.15, 0.2) is 0 Å². The molecule has 0 aromatic rings. The van der Waals surface area contributed by atoms with Crippen LogP contribution in [0.25, 0.3) is 0 Å². The van der Waals surface area contributed by atoms with Crippen molar-refractivity contribution in [1.29, 1.82) is 0 Å². The second-order valence-corrected chi connectivity index (χ2v) is 10.9. The molecule has 30 heavy (non-hydrogen) atoms. The fraction of sp³-hybridized carbons (Fsp3) is 0.913. The van der Waals surface area contributed by atoms with E-state index in [1.807, 2.05) is 20.8 Å². The molecule has 0 bridgehead atoms. The highest BCUT2D eigenvalue weighted by atomic mass is 32.2. The predicted octanol–water partition coefficient (Wildman–Crippen LogP) is 4.51. The van der Waals surface area contributed by atoms with E-state index in [-0.39, 0.29) is 5.91 Å². The first-order valence-electron chi connectivity index (χ1n) is 11.6. The van der Waals surface area contributed by atoms with Crippen molar-refractivity contribution in [3.63, 3.8) is 0 Å². The van der Waals surface area contributed by atoms with E-state index in [1.54, 1.807) is 18.9 Å². The van der Waals surface area contributed by atoms with Gasteiger partial charge in [-0.25, -0.2) is 4.79 Å². The van der Waals surface area contributed by atoms with Crippen molar-refractivity contribution in [2.24, 2.45) is 11.8 Å². The summed E-state index contributed by atoms with van der Waals surface area (Å²) in [5.41, 5.74) is -0.583. The molecule has 0 spiro atoms. The normalized spacial score (nSPS) is 24.1. The summed E-state index contributed by atoms with van der Waals surface area (Å²) in [5.74, 6) is 2.76. The zero-order chi connectivity index (χ0) is 22.0. The Bertz CT molecular complexity index is 524. The van der Waals surface area contributed by atoms with Gasteiger partial charge in [0.05, 0.1) is 6.10 Å². The summed E-state index contributed by atoms with van der Waals surface area (Å²) in [4.78, 5) is 25.1. The van der Waals surface area contributed by atoms with Crippen molar-refractivity contribution in [3.05, 3.63) is 0 Å². The van der Waals surface area contributed by atoms with Crippen LogP contribution in [0.2, 0.25) is 0 Å². The minimum Gasteiger partial charge on any atom is -0.444 e. The number of carbonyl (C=O) groups is 2. The fourth-order valence-electron chi connectivity index (χ4n) is 4.28. The summed E-state index contributed by atoms with van der Waals surface area (Å²) in [7, 11) is 1.77. The summed E-state index contributed by atoms with van der Waals surface area (Å²) in [5, 5.41) is 5.88. The third-order valence-corrected chi connectivity index (χ3v) is 7.34. The van der Waals surface area contributed by atoms with Crippen LogP contribution in [0.3, 0.4) is 0 Å². The van der Waals surface area contributed by atoms with Crippen molar-refractivity contribution in [1.82, 2.24) is 10.6 Å². The maximum absolute atomic E-state index is 12.9. The molecular formula is C23H42N2O4S. The smallest absolute Gasteiger partial charge is 0.408 e. The van der Waals surface area contributed by atoms with Crippen LogP contribution in [-0.2, 0) is 14.3 Å². The van der Waals surface area contributed by atoms with E-state index in [4.69, 9.17) is 9.47 Å². The third-order valence-electron chi connectivity index (χ3n) is 6.06. The summed E-state index contributed by atoms with van der Waals surface area (Å²) < 4.78 is 10.8. The SMILES string of the molecule is COC1CCC(CNC(=O)[C@H](CSCC2CCCCC2)NC(=O)OC(C)(C)C)CC1. The molecule has 2 N–H and O–H groups in total. The Balaban J connectivity index is 1.81. The fourth-order valence-corrected chi connectivity index (χ4v) is 5.55. The number of hydrogen-bond acceptors (Lipinski definition) is 5. The molecule has 7 heteroatoms. The minimum absolute atomic E-state index is 0.106. The number of methoxy groups -OCH3 is 1. The first-order chi connectivity index (χ1) is 14.3. The Hall–Kier alpha value is -0.950. The average molecular weight is 443 g/mol. The van der Waals surface area contributed by atoms with E-state index in [2.05, 4.69) is 10.6 Å². The van der Waals surface area contributed by atoms with Crippen molar-refractivity contribution < 1.29 is 19.1 Å². The highest BCUT2D eigenvalue weighted by Crippen LogP contribution is 2.27. The quantitative estimate of drug-likeness (QED) is 0.549. The van der Waals surface area contributed by atoms with E-state index in [9.17, 15) is 9.59 Å². The number of nitrogens with one attached hydrogen (secondary N) is 2. The maximum atomic E-state index is 12.9. The summed E-state index contributed by atoms with van der Waals surface area (Å²) in [6.07, 6.45) is 10.6. The lowest BCUT2D eigenvalue weighted by Crippen LogP contribution is -2.50. The molecule has 174 valence electrons. The van der Waals surface area contributed by atoms with Crippen LogP contribution in [0.1, 0.15) is 78.6 Å². The highest BCUT2D eigenvalue weighted by Gasteiger charge is 2.27. The number of rotatable bonds is 9. The van der Waals surface area contributed by atoms with E-state index < -0.39 is 17.7 Å². The molecule has 0 aliphatic heterocycles. The summed E-state index contributed by atoms with van der Waals surface area (Å²) in [6.45, 7) is 6.15. The van der Waals surface area contributed by atoms with E-state index in [0.29, 0.717) is 24.3 Å². The lowest BCUT2D eigenvalue weighted by atomic mass is 9.87. The number of thioether (sulfide) groups is 1. The van der Waals surface area contributed by atoms with Crippen molar-refractivity contribution in [2.75, 3.05) is 25.2 Å². The standard InChI is InChI=1S/C23H42N2O4S/c1-23(2,3)29-22(27)25-20(16-30-15-18-8-6-5-7-9-18)21(26)24-14-17-10-12-19(28-4)13-11-17/h17-20H,5-16H2,1-4H3,(H,24,26)(H,25,27)/t17?,19?,20-/m0/s1. The number of alkyl carbamates (subject to hydrolysis) is 1. The molecule has 2 saturated carbocycles. The molecule has 2 aliphatic carbocycles. The van der Waals surface area contributed by atoms with E-state index >= 15 is 0 Å². The number of amides is 2. The van der Waals surface area contributed by atoms with Crippen LogP contribution in [-0.4, -0.2) is 54.9 Å². The minimum atomic E-state index is -0.583. The molecule has 1 atom stereocenters. The van der Waals surface area contributed by atoms with Crippen LogP contribution in [0.5, 0.6) is 0 Å². The first-order valence-corrected chi connectivity index (χ1v) is 12.8. The van der Waals surface area contributed by atoms with Gasteiger partial charge in [0.25, 0.3) is 0 Å². The number of carbonyl (C=O) groups excluding carboxylic acids is 2. The van der Waals surface area contributed by atoms with E-state index in [1.165, 1.54) is 32.1 Å². The van der Waals surface area contributed by atoms with Crippen molar-refractivity contribution >= 4 is 23.8 Å². The van der Waals surface area contributed by atoms with Gasteiger partial charge in [0, 0.05) is 19.4 Å². The molecule has 0 aromatic heterocycles. The van der Waals surface area contributed by atoms with Gasteiger partial charge in [-0.2, -0.15) is 11.8 Å². The van der Waals surface area contributed by atoms with Gasteiger partial charge in [-0.3, -0.25) is 4.79 Å². The molecule has 0 unspecified atom stereocenters. The zero-order valence-corrected chi connectivity index (χ0v) is 20.2. The second kappa shape index (κ2) is 12.8. The molecule has 2 aliphatic rings. The number of hydrogen-bond donors (Lipinski definition) is 2. The van der Waals surface area contributed by atoms with Crippen LogP contribution in [0, 0.1) is 11.8 Å². The van der Waals surface area contributed by atoms with Crippen LogP contribution in [0.15, 0.2) is 0 Å². The van der Waals surface area contributed by atoms with Crippen LogP contribution >= 0.6 is 11.8 Å². The molecule has 2 fully saturated rings. The Morgan fingerprint density at radius 2 is 1.67 bits per heavy atom. The zero-order valence-electron chi connectivity index (χ0n) is 19.3. The van der Waals surface area contributed by atoms with Gasteiger partial charge in [0.2, 0.25) is 5.91 Å². The molecule has 0 saturated heterocycles. The van der Waals surface area contributed by atoms with Gasteiger partial charge in [-0.15, -0.1) is 0 Å². The lowest BCUT2D eigenvalue weighted by molar-refractivity contribution is -0.122. The van der Waals surface area contributed by atoms with E-state index in [0.717, 1.165) is 37.4 Å². The van der Waals surface area contributed by atoms with Crippen LogP contribution in [0.4, 0.5) is 4.79 Å². The Morgan fingerprint density at radius 3 is 2.27 bits per heavy atom. The third kappa shape index (κ3) is 9.90. The molecule has 2 rings (SSSR count). The second-order valence-electron chi connectivity index (χ2n) is 9.86. The lowest BCUT2D eigenvalue weighted by Gasteiger charge is -2.28. The van der Waals surface area contributed by atoms with Gasteiger partial charge in [-0.05, 0) is 76.9 Å². The maximum Gasteiger partial charge on any atom is 0.408 e. The summed E-state index contributed by atoms with van der Waals surface area (Å²) >= 11 is 1.77. The van der Waals surface area contributed by atoms with Gasteiger partial charge >= 0.3 is 6.09 Å². The Morgan fingerprint density at radius 1 is 1.00 bits per heavy atom. The summed E-state index contributed by atoms with van der Waals surface area (Å²) in [6, 6.07) is -0.566. The molecule has 0 heterocycles. The molecule has 6 nitrogen and oxygen atoms in total. The largest absolute Gasteiger partial charge is 0.444 e. The Kier molecular flexibility index (Phi) is 10.8. The first kappa shape index (κ1) is 25.3. The van der Waals surface area contributed by atoms with Crippen molar-refractivity contribution in [3.8, 4) is 0 Å². The Labute approximate surface area is 187 Å². The topological polar surface area (TPSA) is 76.7 Å². The monoisotopic (exact) mass is 442 g/mol. The van der Waals surface area contributed by atoms with Gasteiger partial charge in [-0.1, -0.05) is 19.3 Å². The number of ether oxygens (including phenoxy) is 2. The highest BCUT2D eigenvalue weighted by molar-refractivity contribution is 7.99. The van der Waals surface area contributed by atoms with Gasteiger partial charge < -0.3 is 20.1 Å². The molecular weight excluding hydrogens is 400 g/mol. The predicted molar refractivity (Wildman–Crippen MR) is 123 cm³/mol. The molecule has 2 amide bonds. The average Bonchev–Trinajstić information content (AvgIpc) is 2.71. The van der Waals surface area contributed by atoms with Gasteiger partial charge in [0.1, 0.15) is 11.6 Å².